The summed E-state index contributed by atoms with van der Waals surface area (Å²) in [6.45, 7) is 7.78. The van der Waals surface area contributed by atoms with E-state index in [1.54, 1.807) is 0 Å². The van der Waals surface area contributed by atoms with Crippen LogP contribution in [0.2, 0.25) is 0 Å². The molecule has 4 nitrogen and oxygen atoms in total. The molecule has 0 atom stereocenters. The van der Waals surface area contributed by atoms with Crippen LogP contribution in [0.15, 0.2) is 53.6 Å². The first-order valence-electron chi connectivity index (χ1n) is 6.05. The molecule has 0 fully saturated rings. The van der Waals surface area contributed by atoms with E-state index in [1.807, 2.05) is 60.3 Å². The molecular formula is C15H13N4+. The molecule has 0 saturated heterocycles. The minimum atomic E-state index is 0.616. The van der Waals surface area contributed by atoms with Crippen LogP contribution < -0.4 is 4.90 Å². The standard InChI is InChI=1S/C15H13N4/c1-16-12-8-9-15-14(10-12)17-19(11-18(15)2)13-6-4-3-5-7-13/h3-10H,11H2,2H3/q+1. The van der Waals surface area contributed by atoms with Crippen molar-refractivity contribution in [1.82, 2.24) is 0 Å². The van der Waals surface area contributed by atoms with Crippen molar-refractivity contribution in [2.45, 2.75) is 0 Å². The molecule has 1 aliphatic rings. The smallest absolute Gasteiger partial charge is 0.250 e. The van der Waals surface area contributed by atoms with E-state index < -0.39 is 0 Å². The maximum absolute atomic E-state index is 7.08. The number of hydrogen-bond acceptors (Lipinski definition) is 2. The summed E-state index contributed by atoms with van der Waals surface area (Å²) in [7, 11) is 2.03. The van der Waals surface area contributed by atoms with Crippen molar-refractivity contribution >= 4 is 22.7 Å². The molecule has 0 aromatic heterocycles. The molecule has 0 aliphatic carbocycles. The third-order valence-corrected chi connectivity index (χ3v) is 3.13. The predicted molar refractivity (Wildman–Crippen MR) is 74.4 cm³/mol. The van der Waals surface area contributed by atoms with Crippen molar-refractivity contribution in [3.63, 3.8) is 0 Å². The third kappa shape index (κ3) is 2.06. The van der Waals surface area contributed by atoms with E-state index in [-0.39, 0.29) is 0 Å². The average Bonchev–Trinajstić information content (AvgIpc) is 2.47. The fraction of sp³-hybridized carbons (Fsp3) is 0.133. The Labute approximate surface area is 112 Å². The molecule has 1 heterocycles. The van der Waals surface area contributed by atoms with Crippen molar-refractivity contribution in [2.24, 2.45) is 5.11 Å². The topological polar surface area (TPSA) is 23.0 Å². The van der Waals surface area contributed by atoms with Gasteiger partial charge in [0.15, 0.2) is 5.69 Å². The van der Waals surface area contributed by atoms with Gasteiger partial charge in [-0.2, -0.15) is 0 Å². The second kappa shape index (κ2) is 4.54. The Morgan fingerprint density at radius 1 is 1.21 bits per heavy atom. The van der Waals surface area contributed by atoms with E-state index >= 15 is 0 Å². The lowest BCUT2D eigenvalue weighted by molar-refractivity contribution is -0.509. The lowest BCUT2D eigenvalue weighted by atomic mass is 10.2. The molecule has 0 spiro atoms. The number of nitrogens with zero attached hydrogens (tertiary/aromatic N) is 4. The summed E-state index contributed by atoms with van der Waals surface area (Å²) >= 11 is 0. The molecule has 0 radical (unpaired) electrons. The van der Waals surface area contributed by atoms with Gasteiger partial charge in [0.2, 0.25) is 5.69 Å². The minimum Gasteiger partial charge on any atom is -0.316 e. The first kappa shape index (κ1) is 11.4. The molecule has 19 heavy (non-hydrogen) atoms. The number of fused-ring (bicyclic) bond motifs is 1. The van der Waals surface area contributed by atoms with Gasteiger partial charge in [0, 0.05) is 24.3 Å². The number of benzene rings is 2. The zero-order valence-electron chi connectivity index (χ0n) is 10.6. The van der Waals surface area contributed by atoms with Gasteiger partial charge in [0.05, 0.1) is 12.3 Å². The van der Waals surface area contributed by atoms with Crippen LogP contribution in [0.3, 0.4) is 0 Å². The van der Waals surface area contributed by atoms with Gasteiger partial charge in [-0.15, -0.1) is 0 Å². The molecule has 0 N–H and O–H groups in total. The normalized spacial score (nSPS) is 13.5. The number of hydrogen-bond donors (Lipinski definition) is 0. The van der Waals surface area contributed by atoms with Crippen LogP contribution in [0, 0.1) is 6.57 Å². The third-order valence-electron chi connectivity index (χ3n) is 3.13. The zero-order valence-corrected chi connectivity index (χ0v) is 10.6. The largest absolute Gasteiger partial charge is 0.316 e. The molecule has 0 unspecified atom stereocenters. The molecule has 0 amide bonds. The van der Waals surface area contributed by atoms with Gasteiger partial charge in [0.25, 0.3) is 6.67 Å². The van der Waals surface area contributed by atoms with Gasteiger partial charge in [-0.1, -0.05) is 29.0 Å². The summed E-state index contributed by atoms with van der Waals surface area (Å²) in [6, 6.07) is 15.6. The monoisotopic (exact) mass is 249 g/mol. The molecule has 2 aromatic carbocycles. The van der Waals surface area contributed by atoms with Crippen molar-refractivity contribution in [2.75, 3.05) is 18.6 Å². The van der Waals surface area contributed by atoms with E-state index in [0.717, 1.165) is 17.1 Å². The number of rotatable bonds is 1. The van der Waals surface area contributed by atoms with Crippen molar-refractivity contribution in [3.8, 4) is 0 Å². The van der Waals surface area contributed by atoms with E-state index in [1.165, 1.54) is 0 Å². The van der Waals surface area contributed by atoms with Gasteiger partial charge in [-0.3, -0.25) is 0 Å². The summed E-state index contributed by atoms with van der Waals surface area (Å²) in [5.41, 5.74) is 3.56. The molecule has 4 heteroatoms. The van der Waals surface area contributed by atoms with Gasteiger partial charge >= 0.3 is 0 Å². The first-order valence-corrected chi connectivity index (χ1v) is 6.05. The number of azo groups is 2. The van der Waals surface area contributed by atoms with Crippen LogP contribution in [0.25, 0.3) is 4.85 Å². The van der Waals surface area contributed by atoms with Crippen LogP contribution in [0.5, 0.6) is 0 Å². The fourth-order valence-electron chi connectivity index (χ4n) is 2.16. The summed E-state index contributed by atoms with van der Waals surface area (Å²) in [4.78, 5) is 5.58. The minimum absolute atomic E-state index is 0.616. The number of para-hydroxylation sites is 1. The van der Waals surface area contributed by atoms with Crippen LogP contribution in [0.4, 0.5) is 22.7 Å². The van der Waals surface area contributed by atoms with Crippen LogP contribution in [-0.2, 0) is 0 Å². The Bertz CT molecular complexity index is 683. The first-order chi connectivity index (χ1) is 9.28. The van der Waals surface area contributed by atoms with Crippen LogP contribution >= 0.6 is 0 Å². The second-order valence-corrected chi connectivity index (χ2v) is 4.46. The van der Waals surface area contributed by atoms with E-state index in [9.17, 15) is 0 Å². The summed E-state index contributed by atoms with van der Waals surface area (Å²) in [6.07, 6.45) is 0. The van der Waals surface area contributed by atoms with Gasteiger partial charge in [-0.25, -0.2) is 4.85 Å². The Balaban J connectivity index is 2.10. The molecule has 0 saturated carbocycles. The average molecular weight is 249 g/mol. The lowest BCUT2D eigenvalue weighted by Gasteiger charge is -2.21. The van der Waals surface area contributed by atoms with Gasteiger partial charge < -0.3 is 4.90 Å². The summed E-state index contributed by atoms with van der Waals surface area (Å²) in [5, 5.41) is 4.62. The van der Waals surface area contributed by atoms with Gasteiger partial charge in [-0.05, 0) is 12.1 Å². The molecule has 3 rings (SSSR count). The van der Waals surface area contributed by atoms with Crippen molar-refractivity contribution in [3.05, 3.63) is 59.9 Å². The van der Waals surface area contributed by atoms with Gasteiger partial charge in [0.1, 0.15) is 5.69 Å². The highest BCUT2D eigenvalue weighted by Gasteiger charge is 2.23. The highest BCUT2D eigenvalue weighted by Crippen LogP contribution is 2.36. The Kier molecular flexibility index (Phi) is 2.73. The Hall–Kier alpha value is -2.67. The summed E-state index contributed by atoms with van der Waals surface area (Å²) < 4.78 is 1.94. The maximum atomic E-state index is 7.08. The molecule has 2 aromatic rings. The maximum Gasteiger partial charge on any atom is 0.250 e. The Morgan fingerprint density at radius 3 is 2.74 bits per heavy atom. The van der Waals surface area contributed by atoms with E-state index in [4.69, 9.17) is 6.57 Å². The van der Waals surface area contributed by atoms with Crippen molar-refractivity contribution in [1.29, 1.82) is 0 Å². The molecule has 1 aliphatic heterocycles. The SMILES string of the molecule is [C-]#[N+]c1ccc2c(c1)N=[N+](c1ccccc1)CN2C. The van der Waals surface area contributed by atoms with Crippen LogP contribution in [0.1, 0.15) is 0 Å². The molecule has 0 bridgehead atoms. The zero-order chi connectivity index (χ0) is 13.2. The predicted octanol–water partition coefficient (Wildman–Crippen LogP) is 4.07. The second-order valence-electron chi connectivity index (χ2n) is 4.46. The summed E-state index contributed by atoms with van der Waals surface area (Å²) in [5.74, 6) is 0. The van der Waals surface area contributed by atoms with E-state index in [0.29, 0.717) is 12.4 Å². The lowest BCUT2D eigenvalue weighted by Crippen LogP contribution is -2.28. The van der Waals surface area contributed by atoms with E-state index in [2.05, 4.69) is 14.9 Å². The van der Waals surface area contributed by atoms with Crippen molar-refractivity contribution < 1.29 is 4.70 Å². The quantitative estimate of drug-likeness (QED) is 0.551. The molecule has 92 valence electrons. The Morgan fingerprint density at radius 2 is 2.00 bits per heavy atom. The highest BCUT2D eigenvalue weighted by atomic mass is 15.4. The highest BCUT2D eigenvalue weighted by molar-refractivity contribution is 5.72. The van der Waals surface area contributed by atoms with Crippen LogP contribution in [-0.4, -0.2) is 18.4 Å². The molecular weight excluding hydrogens is 236 g/mol. The number of anilines is 1. The fourth-order valence-corrected chi connectivity index (χ4v) is 2.16.